The van der Waals surface area contributed by atoms with E-state index in [0.717, 1.165) is 16.8 Å². The predicted molar refractivity (Wildman–Crippen MR) is 77.2 cm³/mol. The normalized spacial score (nSPS) is 12.8. The summed E-state index contributed by atoms with van der Waals surface area (Å²) >= 11 is 5.14. The summed E-state index contributed by atoms with van der Waals surface area (Å²) in [4.78, 5) is 1.21. The molecule has 1 N–H and O–H groups in total. The molecule has 19 heavy (non-hydrogen) atoms. The molecule has 0 spiro atoms. The highest BCUT2D eigenvalue weighted by molar-refractivity contribution is 9.10. The Bertz CT molecular complexity index is 515. The predicted octanol–water partition coefficient (Wildman–Crippen LogP) is 1.84. The highest BCUT2D eigenvalue weighted by atomic mass is 79.9. The summed E-state index contributed by atoms with van der Waals surface area (Å²) in [7, 11) is 1.69. The van der Waals surface area contributed by atoms with Crippen LogP contribution in [-0.4, -0.2) is 40.5 Å². The molecule has 0 amide bonds. The van der Waals surface area contributed by atoms with E-state index in [0.29, 0.717) is 13.2 Å². The Morgan fingerprint density at radius 3 is 3.11 bits per heavy atom. The van der Waals surface area contributed by atoms with Gasteiger partial charge in [0.05, 0.1) is 19.2 Å². The SMILES string of the molecule is COCCNC(C)c1nnnn1Cc1cc(Br)cs1. The quantitative estimate of drug-likeness (QED) is 0.775. The fraction of sp³-hybridized carbons (Fsp3) is 0.545. The molecule has 0 aliphatic heterocycles. The third-order valence-electron chi connectivity index (χ3n) is 2.63. The first kappa shape index (κ1) is 14.6. The summed E-state index contributed by atoms with van der Waals surface area (Å²) in [6.07, 6.45) is 0. The summed E-state index contributed by atoms with van der Waals surface area (Å²) in [5.41, 5.74) is 0. The van der Waals surface area contributed by atoms with Gasteiger partial charge in [-0.25, -0.2) is 4.68 Å². The monoisotopic (exact) mass is 345 g/mol. The lowest BCUT2D eigenvalue weighted by molar-refractivity contribution is 0.196. The summed E-state index contributed by atoms with van der Waals surface area (Å²) in [5.74, 6) is 0.834. The summed E-state index contributed by atoms with van der Waals surface area (Å²) in [6, 6.07) is 2.17. The van der Waals surface area contributed by atoms with Crippen LogP contribution in [0.15, 0.2) is 15.9 Å². The first-order chi connectivity index (χ1) is 9.20. The lowest BCUT2D eigenvalue weighted by atomic mass is 10.3. The molecule has 0 bridgehead atoms. The summed E-state index contributed by atoms with van der Waals surface area (Å²) < 4.78 is 7.93. The van der Waals surface area contributed by atoms with Gasteiger partial charge < -0.3 is 10.1 Å². The maximum atomic E-state index is 5.01. The number of ether oxygens (including phenoxy) is 1. The highest BCUT2D eigenvalue weighted by Crippen LogP contribution is 2.21. The van der Waals surface area contributed by atoms with E-state index >= 15 is 0 Å². The van der Waals surface area contributed by atoms with Crippen LogP contribution in [0, 0.1) is 0 Å². The van der Waals surface area contributed by atoms with Crippen molar-refractivity contribution in [3.8, 4) is 0 Å². The van der Waals surface area contributed by atoms with E-state index in [4.69, 9.17) is 4.74 Å². The molecule has 2 aromatic heterocycles. The Morgan fingerprint density at radius 1 is 1.58 bits per heavy atom. The topological polar surface area (TPSA) is 64.9 Å². The van der Waals surface area contributed by atoms with Crippen molar-refractivity contribution in [3.63, 3.8) is 0 Å². The minimum absolute atomic E-state index is 0.0913. The smallest absolute Gasteiger partial charge is 0.168 e. The molecule has 0 aliphatic carbocycles. The third-order valence-corrected chi connectivity index (χ3v) is 4.31. The molecule has 2 heterocycles. The second kappa shape index (κ2) is 7.09. The number of rotatable bonds is 7. The largest absolute Gasteiger partial charge is 0.383 e. The Hall–Kier alpha value is -0.830. The van der Waals surface area contributed by atoms with Crippen LogP contribution in [0.2, 0.25) is 0 Å². The van der Waals surface area contributed by atoms with Crippen LogP contribution >= 0.6 is 27.3 Å². The van der Waals surface area contributed by atoms with Crippen molar-refractivity contribution in [1.82, 2.24) is 25.5 Å². The van der Waals surface area contributed by atoms with E-state index in [-0.39, 0.29) is 6.04 Å². The first-order valence-corrected chi connectivity index (χ1v) is 7.59. The summed E-state index contributed by atoms with van der Waals surface area (Å²) in [6.45, 7) is 4.18. The van der Waals surface area contributed by atoms with Crippen molar-refractivity contribution in [2.45, 2.75) is 19.5 Å². The number of aromatic nitrogens is 4. The van der Waals surface area contributed by atoms with Gasteiger partial charge in [-0.3, -0.25) is 0 Å². The van der Waals surface area contributed by atoms with E-state index in [1.165, 1.54) is 4.88 Å². The fourth-order valence-electron chi connectivity index (χ4n) is 1.69. The lowest BCUT2D eigenvalue weighted by Gasteiger charge is -2.12. The van der Waals surface area contributed by atoms with Crippen LogP contribution < -0.4 is 5.32 Å². The van der Waals surface area contributed by atoms with E-state index in [2.05, 4.69) is 48.2 Å². The number of nitrogens with zero attached hydrogens (tertiary/aromatic N) is 4. The second-order valence-corrected chi connectivity index (χ2v) is 6.01. The van der Waals surface area contributed by atoms with Crippen LogP contribution in [0.25, 0.3) is 0 Å². The van der Waals surface area contributed by atoms with Crippen LogP contribution in [0.5, 0.6) is 0 Å². The average molecular weight is 346 g/mol. The Balaban J connectivity index is 2.00. The van der Waals surface area contributed by atoms with Crippen molar-refractivity contribution < 1.29 is 4.74 Å². The molecular weight excluding hydrogens is 330 g/mol. The van der Waals surface area contributed by atoms with Crippen molar-refractivity contribution >= 4 is 27.3 Å². The third kappa shape index (κ3) is 4.07. The number of nitrogens with one attached hydrogen (secondary N) is 1. The molecular formula is C11H16BrN5OS. The van der Waals surface area contributed by atoms with Gasteiger partial charge in [-0.2, -0.15) is 0 Å². The molecule has 104 valence electrons. The molecule has 0 saturated heterocycles. The van der Waals surface area contributed by atoms with E-state index in [9.17, 15) is 0 Å². The van der Waals surface area contributed by atoms with Crippen LogP contribution in [-0.2, 0) is 11.3 Å². The molecule has 0 aliphatic rings. The highest BCUT2D eigenvalue weighted by Gasteiger charge is 2.14. The molecule has 2 aromatic rings. The van der Waals surface area contributed by atoms with E-state index in [1.54, 1.807) is 18.4 Å². The van der Waals surface area contributed by atoms with Gasteiger partial charge in [0.25, 0.3) is 0 Å². The molecule has 0 radical (unpaired) electrons. The zero-order chi connectivity index (χ0) is 13.7. The molecule has 1 atom stereocenters. The lowest BCUT2D eigenvalue weighted by Crippen LogP contribution is -2.25. The number of tetrazole rings is 1. The summed E-state index contributed by atoms with van der Waals surface area (Å²) in [5, 5.41) is 17.3. The Labute approximate surface area is 124 Å². The first-order valence-electron chi connectivity index (χ1n) is 5.92. The van der Waals surface area contributed by atoms with Crippen molar-refractivity contribution in [2.75, 3.05) is 20.3 Å². The Kier molecular flexibility index (Phi) is 5.44. The van der Waals surface area contributed by atoms with Gasteiger partial charge in [0, 0.05) is 28.4 Å². The van der Waals surface area contributed by atoms with Crippen LogP contribution in [0.1, 0.15) is 23.7 Å². The molecule has 0 saturated carbocycles. The van der Waals surface area contributed by atoms with Crippen molar-refractivity contribution in [3.05, 3.63) is 26.6 Å². The number of thiophene rings is 1. The molecule has 6 nitrogen and oxygen atoms in total. The van der Waals surface area contributed by atoms with Crippen molar-refractivity contribution in [2.24, 2.45) is 0 Å². The van der Waals surface area contributed by atoms with Gasteiger partial charge in [-0.05, 0) is 39.3 Å². The fourth-order valence-corrected chi connectivity index (χ4v) is 3.12. The van der Waals surface area contributed by atoms with Crippen molar-refractivity contribution in [1.29, 1.82) is 0 Å². The Morgan fingerprint density at radius 2 is 2.42 bits per heavy atom. The second-order valence-electron chi connectivity index (χ2n) is 4.09. The molecule has 0 aromatic carbocycles. The molecule has 8 heteroatoms. The number of hydrogen-bond acceptors (Lipinski definition) is 6. The maximum Gasteiger partial charge on any atom is 0.168 e. The van der Waals surface area contributed by atoms with Gasteiger partial charge >= 0.3 is 0 Å². The van der Waals surface area contributed by atoms with E-state index in [1.807, 2.05) is 11.6 Å². The van der Waals surface area contributed by atoms with Gasteiger partial charge in [0.1, 0.15) is 0 Å². The van der Waals surface area contributed by atoms with Crippen LogP contribution in [0.3, 0.4) is 0 Å². The van der Waals surface area contributed by atoms with Gasteiger partial charge in [0.2, 0.25) is 0 Å². The minimum atomic E-state index is 0.0913. The number of methoxy groups -OCH3 is 1. The van der Waals surface area contributed by atoms with Crippen LogP contribution in [0.4, 0.5) is 0 Å². The standard InChI is InChI=1S/C11H16BrN5OS/c1-8(13-3-4-18-2)11-14-15-16-17(11)6-10-5-9(12)7-19-10/h5,7-8,13H,3-4,6H2,1-2H3. The zero-order valence-corrected chi connectivity index (χ0v) is 13.2. The minimum Gasteiger partial charge on any atom is -0.383 e. The average Bonchev–Trinajstić information content (AvgIpc) is 2.99. The molecule has 0 fully saturated rings. The van der Waals surface area contributed by atoms with Gasteiger partial charge in [-0.1, -0.05) is 0 Å². The van der Waals surface area contributed by atoms with Gasteiger partial charge in [0.15, 0.2) is 5.82 Å². The number of halogens is 1. The maximum absolute atomic E-state index is 5.01. The number of hydrogen-bond donors (Lipinski definition) is 1. The molecule has 1 unspecified atom stereocenters. The zero-order valence-electron chi connectivity index (χ0n) is 10.8. The molecule has 2 rings (SSSR count). The van der Waals surface area contributed by atoms with Gasteiger partial charge in [-0.15, -0.1) is 16.4 Å². The van der Waals surface area contributed by atoms with E-state index < -0.39 is 0 Å².